The van der Waals surface area contributed by atoms with E-state index in [1.807, 2.05) is 13.8 Å². The standard InChI is InChI=1S/C15H23FN2O2/c1-10(2)17-9-12-6-7-14(13(16)8-12)20-11(3)15(19)18(4)5/h6-8,10-11,17H,9H2,1-5H3. The van der Waals surface area contributed by atoms with E-state index in [0.717, 1.165) is 5.56 Å². The van der Waals surface area contributed by atoms with Gasteiger partial charge in [-0.3, -0.25) is 4.79 Å². The van der Waals surface area contributed by atoms with Crippen LogP contribution in [0.1, 0.15) is 26.3 Å². The summed E-state index contributed by atoms with van der Waals surface area (Å²) in [6, 6.07) is 5.12. The van der Waals surface area contributed by atoms with Crippen LogP contribution in [0.2, 0.25) is 0 Å². The van der Waals surface area contributed by atoms with Gasteiger partial charge in [-0.25, -0.2) is 4.39 Å². The van der Waals surface area contributed by atoms with E-state index < -0.39 is 11.9 Å². The molecule has 0 aliphatic rings. The molecule has 0 saturated carbocycles. The smallest absolute Gasteiger partial charge is 0.262 e. The highest BCUT2D eigenvalue weighted by molar-refractivity contribution is 5.80. The molecule has 1 rings (SSSR count). The van der Waals surface area contributed by atoms with Gasteiger partial charge in [0.25, 0.3) is 5.91 Å². The molecule has 1 unspecified atom stereocenters. The van der Waals surface area contributed by atoms with Crippen LogP contribution in [0, 0.1) is 5.82 Å². The molecule has 20 heavy (non-hydrogen) atoms. The number of rotatable bonds is 6. The molecule has 0 heterocycles. The predicted molar refractivity (Wildman–Crippen MR) is 77.2 cm³/mol. The number of ether oxygens (including phenoxy) is 1. The van der Waals surface area contributed by atoms with Crippen molar-refractivity contribution >= 4 is 5.91 Å². The zero-order valence-corrected chi connectivity index (χ0v) is 12.7. The molecule has 0 radical (unpaired) electrons. The van der Waals surface area contributed by atoms with Crippen LogP contribution in [-0.4, -0.2) is 37.0 Å². The Morgan fingerprint density at radius 2 is 2.00 bits per heavy atom. The van der Waals surface area contributed by atoms with Crippen molar-refractivity contribution in [3.05, 3.63) is 29.6 Å². The van der Waals surface area contributed by atoms with Crippen LogP contribution in [0.5, 0.6) is 5.75 Å². The normalized spacial score (nSPS) is 12.3. The second kappa shape index (κ2) is 7.24. The minimum atomic E-state index is -0.709. The highest BCUT2D eigenvalue weighted by Crippen LogP contribution is 2.20. The molecular formula is C15H23FN2O2. The van der Waals surface area contributed by atoms with Crippen molar-refractivity contribution in [3.8, 4) is 5.75 Å². The minimum absolute atomic E-state index is 0.0981. The van der Waals surface area contributed by atoms with Gasteiger partial charge in [-0.05, 0) is 24.6 Å². The number of hydrogen-bond acceptors (Lipinski definition) is 3. The summed E-state index contributed by atoms with van der Waals surface area (Å²) in [6.07, 6.45) is -0.709. The Kier molecular flexibility index (Phi) is 5.95. The molecular weight excluding hydrogens is 259 g/mol. The molecule has 0 saturated heterocycles. The zero-order chi connectivity index (χ0) is 15.3. The fraction of sp³-hybridized carbons (Fsp3) is 0.533. The van der Waals surface area contributed by atoms with E-state index in [-0.39, 0.29) is 11.7 Å². The van der Waals surface area contributed by atoms with E-state index in [2.05, 4.69) is 5.32 Å². The largest absolute Gasteiger partial charge is 0.478 e. The Morgan fingerprint density at radius 1 is 1.35 bits per heavy atom. The van der Waals surface area contributed by atoms with Crippen LogP contribution in [0.25, 0.3) is 0 Å². The summed E-state index contributed by atoms with van der Waals surface area (Å²) in [5.74, 6) is -0.553. The second-order valence-corrected chi connectivity index (χ2v) is 5.29. The lowest BCUT2D eigenvalue weighted by Gasteiger charge is -2.19. The summed E-state index contributed by atoms with van der Waals surface area (Å²) in [6.45, 7) is 6.27. The molecule has 1 atom stereocenters. The zero-order valence-electron chi connectivity index (χ0n) is 12.7. The van der Waals surface area contributed by atoms with Gasteiger partial charge in [0.05, 0.1) is 0 Å². The first kappa shape index (κ1) is 16.4. The van der Waals surface area contributed by atoms with E-state index in [1.165, 1.54) is 11.0 Å². The monoisotopic (exact) mass is 282 g/mol. The van der Waals surface area contributed by atoms with E-state index in [0.29, 0.717) is 12.6 Å². The lowest BCUT2D eigenvalue weighted by molar-refractivity contribution is -0.135. The molecule has 0 spiro atoms. The topological polar surface area (TPSA) is 41.6 Å². The second-order valence-electron chi connectivity index (χ2n) is 5.29. The third kappa shape index (κ3) is 4.81. The van der Waals surface area contributed by atoms with Gasteiger partial charge >= 0.3 is 0 Å². The highest BCUT2D eigenvalue weighted by Gasteiger charge is 2.18. The average molecular weight is 282 g/mol. The highest BCUT2D eigenvalue weighted by atomic mass is 19.1. The molecule has 1 aromatic rings. The number of benzene rings is 1. The van der Waals surface area contributed by atoms with Gasteiger partial charge in [0.15, 0.2) is 17.7 Å². The lowest BCUT2D eigenvalue weighted by Crippen LogP contribution is -2.35. The number of carbonyl (C=O) groups is 1. The molecule has 1 aromatic carbocycles. The van der Waals surface area contributed by atoms with E-state index in [9.17, 15) is 9.18 Å². The number of amides is 1. The Balaban J connectivity index is 2.71. The van der Waals surface area contributed by atoms with Crippen molar-refractivity contribution in [2.45, 2.75) is 39.5 Å². The van der Waals surface area contributed by atoms with Crippen LogP contribution >= 0.6 is 0 Å². The van der Waals surface area contributed by atoms with Gasteiger partial charge in [-0.15, -0.1) is 0 Å². The van der Waals surface area contributed by atoms with Gasteiger partial charge in [-0.2, -0.15) is 0 Å². The quantitative estimate of drug-likeness (QED) is 0.869. The summed E-state index contributed by atoms with van der Waals surface area (Å²) < 4.78 is 19.3. The Hall–Kier alpha value is -1.62. The van der Waals surface area contributed by atoms with Crippen molar-refractivity contribution < 1.29 is 13.9 Å². The molecule has 0 fully saturated rings. The molecule has 0 aliphatic carbocycles. The van der Waals surface area contributed by atoms with Gasteiger partial charge < -0.3 is 15.0 Å². The molecule has 0 aliphatic heterocycles. The molecule has 1 N–H and O–H groups in total. The van der Waals surface area contributed by atoms with E-state index in [4.69, 9.17) is 4.74 Å². The van der Waals surface area contributed by atoms with Crippen LogP contribution in [0.3, 0.4) is 0 Å². The van der Waals surface area contributed by atoms with E-state index in [1.54, 1.807) is 33.2 Å². The van der Waals surface area contributed by atoms with Crippen LogP contribution in [0.15, 0.2) is 18.2 Å². The van der Waals surface area contributed by atoms with Gasteiger partial charge in [-0.1, -0.05) is 19.9 Å². The summed E-state index contributed by atoms with van der Waals surface area (Å²) in [4.78, 5) is 13.1. The van der Waals surface area contributed by atoms with Gasteiger partial charge in [0.1, 0.15) is 0 Å². The number of carbonyl (C=O) groups excluding carboxylic acids is 1. The summed E-state index contributed by atoms with van der Waals surface area (Å²) in [7, 11) is 3.28. The average Bonchev–Trinajstić information content (AvgIpc) is 2.37. The molecule has 0 aromatic heterocycles. The van der Waals surface area contributed by atoms with Crippen molar-refractivity contribution in [3.63, 3.8) is 0 Å². The molecule has 4 nitrogen and oxygen atoms in total. The Morgan fingerprint density at radius 3 is 2.50 bits per heavy atom. The van der Waals surface area contributed by atoms with Crippen molar-refractivity contribution in [1.29, 1.82) is 0 Å². The van der Waals surface area contributed by atoms with Crippen molar-refractivity contribution in [1.82, 2.24) is 10.2 Å². The number of likely N-dealkylation sites (N-methyl/N-ethyl adjacent to an activating group) is 1. The van der Waals surface area contributed by atoms with Crippen molar-refractivity contribution in [2.75, 3.05) is 14.1 Å². The number of halogens is 1. The Labute approximate surface area is 119 Å². The number of nitrogens with zero attached hydrogens (tertiary/aromatic N) is 1. The molecule has 112 valence electrons. The fourth-order valence-electron chi connectivity index (χ4n) is 1.68. The summed E-state index contributed by atoms with van der Waals surface area (Å²) in [5, 5.41) is 3.21. The maximum absolute atomic E-state index is 13.9. The first-order valence-corrected chi connectivity index (χ1v) is 6.71. The third-order valence-electron chi connectivity index (χ3n) is 2.80. The first-order valence-electron chi connectivity index (χ1n) is 6.71. The van der Waals surface area contributed by atoms with Crippen LogP contribution < -0.4 is 10.1 Å². The SMILES string of the molecule is CC(C)NCc1ccc(OC(C)C(=O)N(C)C)c(F)c1. The lowest BCUT2D eigenvalue weighted by atomic mass is 10.2. The maximum Gasteiger partial charge on any atom is 0.262 e. The van der Waals surface area contributed by atoms with Gasteiger partial charge in [0, 0.05) is 26.7 Å². The van der Waals surface area contributed by atoms with E-state index >= 15 is 0 Å². The molecule has 0 bridgehead atoms. The van der Waals surface area contributed by atoms with Crippen LogP contribution in [-0.2, 0) is 11.3 Å². The number of nitrogens with one attached hydrogen (secondary N) is 1. The summed E-state index contributed by atoms with van der Waals surface area (Å²) >= 11 is 0. The first-order chi connectivity index (χ1) is 9.31. The number of hydrogen-bond donors (Lipinski definition) is 1. The minimum Gasteiger partial charge on any atom is -0.478 e. The van der Waals surface area contributed by atoms with Gasteiger partial charge in [0.2, 0.25) is 0 Å². The maximum atomic E-state index is 13.9. The van der Waals surface area contributed by atoms with Crippen molar-refractivity contribution in [2.24, 2.45) is 0 Å². The third-order valence-corrected chi connectivity index (χ3v) is 2.80. The fourth-order valence-corrected chi connectivity index (χ4v) is 1.68. The summed E-state index contributed by atoms with van der Waals surface area (Å²) in [5.41, 5.74) is 0.843. The molecule has 5 heteroatoms. The van der Waals surface area contributed by atoms with Crippen LogP contribution in [0.4, 0.5) is 4.39 Å². The Bertz CT molecular complexity index is 461. The predicted octanol–water partition coefficient (Wildman–Crippen LogP) is 2.18. The molecule has 1 amide bonds.